The first-order chi connectivity index (χ1) is 13.4. The normalized spacial score (nSPS) is 17.0. The van der Waals surface area contributed by atoms with Crippen molar-refractivity contribution in [3.63, 3.8) is 0 Å². The van der Waals surface area contributed by atoms with Crippen molar-refractivity contribution in [3.05, 3.63) is 24.3 Å². The van der Waals surface area contributed by atoms with Crippen molar-refractivity contribution in [2.75, 3.05) is 26.2 Å². The van der Waals surface area contributed by atoms with Crippen molar-refractivity contribution < 1.29 is 34.8 Å². The van der Waals surface area contributed by atoms with Crippen LogP contribution in [0.4, 0.5) is 13.2 Å². The fraction of sp³-hybridized carbons (Fsp3) is 0.588. The summed E-state index contributed by atoms with van der Waals surface area (Å²) in [4.78, 5) is 11.7. The van der Waals surface area contributed by atoms with Crippen molar-refractivity contribution in [1.29, 1.82) is 0 Å². The van der Waals surface area contributed by atoms with Crippen LogP contribution in [-0.4, -0.2) is 69.6 Å². The van der Waals surface area contributed by atoms with Gasteiger partial charge in [0.15, 0.2) is 9.84 Å². The SMILES string of the molecule is CCN(CC)S(=O)(=O)c1ccc(S(=O)(=O)C2CCN(C(=O)C(F)(F)F)CC2)cc1. The van der Waals surface area contributed by atoms with Gasteiger partial charge in [0.05, 0.1) is 15.0 Å². The van der Waals surface area contributed by atoms with Crippen LogP contribution in [-0.2, 0) is 24.7 Å². The minimum atomic E-state index is -4.99. The molecule has 1 aromatic rings. The number of sulfonamides is 1. The van der Waals surface area contributed by atoms with Gasteiger partial charge >= 0.3 is 12.1 Å². The molecule has 0 unspecified atom stereocenters. The van der Waals surface area contributed by atoms with Gasteiger partial charge in [-0.25, -0.2) is 16.8 Å². The molecule has 12 heteroatoms. The maximum Gasteiger partial charge on any atom is 0.471 e. The third-order valence-electron chi connectivity index (χ3n) is 4.91. The van der Waals surface area contributed by atoms with E-state index in [9.17, 15) is 34.8 Å². The van der Waals surface area contributed by atoms with E-state index in [-0.39, 0.29) is 48.8 Å². The molecule has 1 aliphatic rings. The molecular formula is C17H23F3N2O5S2. The van der Waals surface area contributed by atoms with Crippen LogP contribution in [0.5, 0.6) is 0 Å². The highest BCUT2D eigenvalue weighted by Gasteiger charge is 2.44. The number of halogens is 3. The van der Waals surface area contributed by atoms with Crippen LogP contribution in [0, 0.1) is 0 Å². The molecule has 1 heterocycles. The monoisotopic (exact) mass is 456 g/mol. The molecule has 1 aliphatic heterocycles. The van der Waals surface area contributed by atoms with E-state index in [1.54, 1.807) is 13.8 Å². The summed E-state index contributed by atoms with van der Waals surface area (Å²) < 4.78 is 89.3. The van der Waals surface area contributed by atoms with Gasteiger partial charge in [-0.3, -0.25) is 4.79 Å². The summed E-state index contributed by atoms with van der Waals surface area (Å²) in [6.07, 6.45) is -5.23. The van der Waals surface area contributed by atoms with Gasteiger partial charge in [0.25, 0.3) is 0 Å². The zero-order chi connectivity index (χ0) is 22.0. The second kappa shape index (κ2) is 8.60. The third-order valence-corrected chi connectivity index (χ3v) is 9.25. The van der Waals surface area contributed by atoms with E-state index in [4.69, 9.17) is 0 Å². The second-order valence-corrected chi connectivity index (χ2v) is 10.8. The van der Waals surface area contributed by atoms with Crippen LogP contribution < -0.4 is 0 Å². The molecule has 0 atom stereocenters. The lowest BCUT2D eigenvalue weighted by Crippen LogP contribution is -2.47. The smallest absolute Gasteiger partial charge is 0.335 e. The van der Waals surface area contributed by atoms with Gasteiger partial charge in [0.1, 0.15) is 0 Å². The maximum atomic E-state index is 12.8. The number of amides is 1. The summed E-state index contributed by atoms with van der Waals surface area (Å²) in [5.74, 6) is -1.97. The molecule has 0 aliphatic carbocycles. The molecule has 0 saturated carbocycles. The Bertz CT molecular complexity index is 932. The fourth-order valence-electron chi connectivity index (χ4n) is 3.25. The van der Waals surface area contributed by atoms with E-state index in [1.807, 2.05) is 0 Å². The minimum Gasteiger partial charge on any atom is -0.335 e. The number of piperidine rings is 1. The molecule has 29 heavy (non-hydrogen) atoms. The van der Waals surface area contributed by atoms with Crippen LogP contribution in [0.3, 0.4) is 0 Å². The first kappa shape index (κ1) is 23.6. The number of carbonyl (C=O) groups is 1. The van der Waals surface area contributed by atoms with Crippen molar-refractivity contribution in [1.82, 2.24) is 9.21 Å². The summed E-state index contributed by atoms with van der Waals surface area (Å²) in [5, 5.41) is -0.940. The topological polar surface area (TPSA) is 91.8 Å². The molecule has 7 nitrogen and oxygen atoms in total. The van der Waals surface area contributed by atoms with Gasteiger partial charge in [-0.15, -0.1) is 0 Å². The largest absolute Gasteiger partial charge is 0.471 e. The zero-order valence-corrected chi connectivity index (χ0v) is 17.6. The number of hydrogen-bond acceptors (Lipinski definition) is 5. The molecular weight excluding hydrogens is 433 g/mol. The summed E-state index contributed by atoms with van der Waals surface area (Å²) in [5.41, 5.74) is 0. The quantitative estimate of drug-likeness (QED) is 0.653. The standard InChI is InChI=1S/C17H23F3N2O5S2/c1-3-22(4-2)29(26,27)15-7-5-13(6-8-15)28(24,25)14-9-11-21(12-10-14)16(23)17(18,19)20/h5-8,14H,3-4,9-12H2,1-2H3. The van der Waals surface area contributed by atoms with Crippen LogP contribution in [0.1, 0.15) is 26.7 Å². The minimum absolute atomic E-state index is 0.0363. The Kier molecular flexibility index (Phi) is 7.01. The first-order valence-electron chi connectivity index (χ1n) is 9.05. The van der Waals surface area contributed by atoms with E-state index in [2.05, 4.69) is 0 Å². The van der Waals surface area contributed by atoms with E-state index in [0.717, 1.165) is 0 Å². The van der Waals surface area contributed by atoms with Crippen LogP contribution in [0.25, 0.3) is 0 Å². The lowest BCUT2D eigenvalue weighted by Gasteiger charge is -2.32. The molecule has 164 valence electrons. The molecule has 1 aromatic carbocycles. The van der Waals surface area contributed by atoms with Gasteiger partial charge < -0.3 is 4.90 Å². The highest BCUT2D eigenvalue weighted by atomic mass is 32.2. The summed E-state index contributed by atoms with van der Waals surface area (Å²) in [6.45, 7) is 3.31. The molecule has 1 saturated heterocycles. The number of rotatable bonds is 6. The zero-order valence-electron chi connectivity index (χ0n) is 16.0. The summed E-state index contributed by atoms with van der Waals surface area (Å²) in [6, 6.07) is 4.81. The van der Waals surface area contributed by atoms with Crippen molar-refractivity contribution in [2.24, 2.45) is 0 Å². The van der Waals surface area contributed by atoms with Crippen LogP contribution in [0.15, 0.2) is 34.1 Å². The van der Waals surface area contributed by atoms with E-state index >= 15 is 0 Å². The number of carbonyl (C=O) groups excluding carboxylic acids is 1. The lowest BCUT2D eigenvalue weighted by molar-refractivity contribution is -0.186. The summed E-state index contributed by atoms with van der Waals surface area (Å²) in [7, 11) is -7.60. The first-order valence-corrected chi connectivity index (χ1v) is 12.0. The van der Waals surface area contributed by atoms with Crippen molar-refractivity contribution in [3.8, 4) is 0 Å². The predicted octanol–water partition coefficient (Wildman–Crippen LogP) is 2.04. The average molecular weight is 457 g/mol. The van der Waals surface area contributed by atoms with Gasteiger partial charge in [-0.2, -0.15) is 17.5 Å². The molecule has 0 spiro atoms. The van der Waals surface area contributed by atoms with Gasteiger partial charge in [-0.05, 0) is 37.1 Å². The molecule has 0 N–H and O–H groups in total. The Labute approximate surface area is 168 Å². The summed E-state index contributed by atoms with van der Waals surface area (Å²) >= 11 is 0. The Morgan fingerprint density at radius 3 is 1.86 bits per heavy atom. The van der Waals surface area contributed by atoms with Crippen LogP contribution in [0.2, 0.25) is 0 Å². The number of alkyl halides is 3. The molecule has 0 radical (unpaired) electrons. The molecule has 0 aromatic heterocycles. The highest BCUT2D eigenvalue weighted by Crippen LogP contribution is 2.28. The molecule has 1 fully saturated rings. The Balaban J connectivity index is 2.16. The third kappa shape index (κ3) is 4.92. The number of benzene rings is 1. The average Bonchev–Trinajstić information content (AvgIpc) is 2.67. The van der Waals surface area contributed by atoms with Crippen molar-refractivity contribution >= 4 is 25.8 Å². The number of sulfone groups is 1. The molecule has 1 amide bonds. The lowest BCUT2D eigenvalue weighted by atomic mass is 10.1. The van der Waals surface area contributed by atoms with E-state index in [1.165, 1.54) is 28.6 Å². The van der Waals surface area contributed by atoms with E-state index in [0.29, 0.717) is 4.90 Å². The van der Waals surface area contributed by atoms with Gasteiger partial charge in [0.2, 0.25) is 10.0 Å². The predicted molar refractivity (Wildman–Crippen MR) is 99.4 cm³/mol. The second-order valence-electron chi connectivity index (χ2n) is 6.60. The van der Waals surface area contributed by atoms with Gasteiger partial charge in [-0.1, -0.05) is 13.8 Å². The fourth-order valence-corrected chi connectivity index (χ4v) is 6.44. The van der Waals surface area contributed by atoms with Gasteiger partial charge in [0, 0.05) is 26.2 Å². The van der Waals surface area contributed by atoms with Crippen LogP contribution >= 0.6 is 0 Å². The number of nitrogens with zero attached hydrogens (tertiary/aromatic N) is 2. The highest BCUT2D eigenvalue weighted by molar-refractivity contribution is 7.92. The van der Waals surface area contributed by atoms with E-state index < -0.39 is 37.2 Å². The Hall–Kier alpha value is -1.66. The molecule has 0 bridgehead atoms. The Morgan fingerprint density at radius 2 is 1.45 bits per heavy atom. The Morgan fingerprint density at radius 1 is 1.00 bits per heavy atom. The number of likely N-dealkylation sites (tertiary alicyclic amines) is 1. The maximum absolute atomic E-state index is 12.8. The molecule has 2 rings (SSSR count). The number of hydrogen-bond donors (Lipinski definition) is 0. The van der Waals surface area contributed by atoms with Crippen molar-refractivity contribution in [2.45, 2.75) is 47.9 Å².